The van der Waals surface area contributed by atoms with Crippen LogP contribution >= 0.6 is 0 Å². The van der Waals surface area contributed by atoms with E-state index in [2.05, 4.69) is 4.74 Å². The maximum absolute atomic E-state index is 11.2. The summed E-state index contributed by atoms with van der Waals surface area (Å²) in [6.07, 6.45) is -0.465. The fraction of sp³-hybridized carbons (Fsp3) is 0.875. The lowest BCUT2D eigenvalue weighted by molar-refractivity contribution is -0.197. The lowest BCUT2D eigenvalue weighted by Gasteiger charge is -2.13. The van der Waals surface area contributed by atoms with Crippen molar-refractivity contribution in [3.63, 3.8) is 0 Å². The molecule has 0 radical (unpaired) electrons. The van der Waals surface area contributed by atoms with Crippen LogP contribution in [0.1, 0.15) is 6.42 Å². The van der Waals surface area contributed by atoms with Crippen molar-refractivity contribution in [3.05, 3.63) is 0 Å². The third-order valence-corrected chi connectivity index (χ3v) is 2.06. The molecule has 0 bridgehead atoms. The number of carbonyl (C=O) groups excluding carboxylic acids is 1. The van der Waals surface area contributed by atoms with Crippen LogP contribution in [0.5, 0.6) is 0 Å². The summed E-state index contributed by atoms with van der Waals surface area (Å²) in [4.78, 5) is 11.2. The lowest BCUT2D eigenvalue weighted by atomic mass is 10.1. The van der Waals surface area contributed by atoms with Gasteiger partial charge in [-0.05, 0) is 0 Å². The zero-order chi connectivity index (χ0) is 9.84. The van der Waals surface area contributed by atoms with Gasteiger partial charge in [0.15, 0.2) is 12.6 Å². The third-order valence-electron chi connectivity index (χ3n) is 2.06. The van der Waals surface area contributed by atoms with Crippen molar-refractivity contribution in [2.45, 2.75) is 19.0 Å². The molecule has 1 heterocycles. The van der Waals surface area contributed by atoms with Gasteiger partial charge in [0.25, 0.3) is 0 Å². The van der Waals surface area contributed by atoms with Gasteiger partial charge in [-0.1, -0.05) is 0 Å². The molecule has 0 amide bonds. The van der Waals surface area contributed by atoms with E-state index in [1.165, 1.54) is 21.3 Å². The summed E-state index contributed by atoms with van der Waals surface area (Å²) in [5.74, 6) is -0.716. The second-order valence-corrected chi connectivity index (χ2v) is 2.77. The van der Waals surface area contributed by atoms with E-state index in [1.54, 1.807) is 0 Å². The van der Waals surface area contributed by atoms with Gasteiger partial charge in [0.05, 0.1) is 7.11 Å². The minimum absolute atomic E-state index is 0.327. The first-order chi connectivity index (χ1) is 6.22. The highest BCUT2D eigenvalue weighted by Gasteiger charge is 2.40. The normalized spacial score (nSPS) is 33.3. The Balaban J connectivity index is 2.57. The Hall–Kier alpha value is -0.650. The zero-order valence-electron chi connectivity index (χ0n) is 7.98. The first-order valence-electron chi connectivity index (χ1n) is 4.01. The van der Waals surface area contributed by atoms with E-state index in [9.17, 15) is 4.79 Å². The minimum atomic E-state index is -0.558. The molecule has 1 fully saturated rings. The van der Waals surface area contributed by atoms with Crippen molar-refractivity contribution in [1.82, 2.24) is 0 Å². The molecule has 0 aromatic rings. The number of carbonyl (C=O) groups is 1. The Morgan fingerprint density at radius 3 is 2.46 bits per heavy atom. The molecule has 0 saturated carbocycles. The van der Waals surface area contributed by atoms with E-state index >= 15 is 0 Å². The lowest BCUT2D eigenvalue weighted by Crippen LogP contribution is -2.26. The largest absolute Gasteiger partial charge is 0.469 e. The summed E-state index contributed by atoms with van der Waals surface area (Å²) in [5, 5.41) is 0. The first-order valence-corrected chi connectivity index (χ1v) is 4.01. The number of hydrogen-bond acceptors (Lipinski definition) is 5. The molecule has 0 aliphatic carbocycles. The Labute approximate surface area is 76.9 Å². The van der Waals surface area contributed by atoms with Crippen LogP contribution in [0.4, 0.5) is 0 Å². The van der Waals surface area contributed by atoms with Crippen molar-refractivity contribution in [3.8, 4) is 0 Å². The molecule has 76 valence electrons. The minimum Gasteiger partial charge on any atom is -0.469 e. The van der Waals surface area contributed by atoms with Gasteiger partial charge in [-0.3, -0.25) is 4.79 Å². The second kappa shape index (κ2) is 4.55. The van der Waals surface area contributed by atoms with Crippen LogP contribution in [0, 0.1) is 5.92 Å². The molecule has 1 rings (SSSR count). The third kappa shape index (κ3) is 2.18. The molecule has 3 atom stereocenters. The van der Waals surface area contributed by atoms with Crippen LogP contribution in [0.15, 0.2) is 0 Å². The highest BCUT2D eigenvalue weighted by molar-refractivity contribution is 5.73. The number of esters is 1. The van der Waals surface area contributed by atoms with E-state index in [1.807, 2.05) is 0 Å². The van der Waals surface area contributed by atoms with Crippen LogP contribution in [0.25, 0.3) is 0 Å². The second-order valence-electron chi connectivity index (χ2n) is 2.77. The fourth-order valence-electron chi connectivity index (χ4n) is 1.35. The molecule has 0 N–H and O–H groups in total. The number of ether oxygens (including phenoxy) is 4. The first kappa shape index (κ1) is 10.4. The molecule has 5 nitrogen and oxygen atoms in total. The highest BCUT2D eigenvalue weighted by atomic mass is 16.8. The van der Waals surface area contributed by atoms with E-state index in [4.69, 9.17) is 14.2 Å². The van der Waals surface area contributed by atoms with Crippen LogP contribution in [0.3, 0.4) is 0 Å². The standard InChI is InChI=1S/C8H14O5/c1-10-6-4-5(7(9)11-2)8(12-3)13-6/h5-6,8H,4H2,1-3H3/t5-,6+,8+/m0/s1. The van der Waals surface area contributed by atoms with Gasteiger partial charge in [0, 0.05) is 20.6 Å². The van der Waals surface area contributed by atoms with Gasteiger partial charge in [0.1, 0.15) is 5.92 Å². The maximum Gasteiger partial charge on any atom is 0.314 e. The summed E-state index contributed by atoms with van der Waals surface area (Å²) in [6.45, 7) is 0. The zero-order valence-corrected chi connectivity index (χ0v) is 7.98. The average Bonchev–Trinajstić information content (AvgIpc) is 2.59. The quantitative estimate of drug-likeness (QED) is 0.592. The number of rotatable bonds is 3. The van der Waals surface area contributed by atoms with Crippen LogP contribution in [-0.2, 0) is 23.7 Å². The molecule has 1 aliphatic heterocycles. The predicted octanol–water partition coefficient (Wildman–Crippen LogP) is 0.141. The Kier molecular flexibility index (Phi) is 3.65. The van der Waals surface area contributed by atoms with E-state index < -0.39 is 6.29 Å². The van der Waals surface area contributed by atoms with Crippen molar-refractivity contribution < 1.29 is 23.7 Å². The number of hydrogen-bond donors (Lipinski definition) is 0. The van der Waals surface area contributed by atoms with E-state index in [-0.39, 0.29) is 18.2 Å². The highest BCUT2D eigenvalue weighted by Crippen LogP contribution is 2.28. The van der Waals surface area contributed by atoms with Crippen molar-refractivity contribution in [2.24, 2.45) is 5.92 Å². The maximum atomic E-state index is 11.2. The van der Waals surface area contributed by atoms with Gasteiger partial charge >= 0.3 is 5.97 Å². The summed E-state index contributed by atoms with van der Waals surface area (Å²) in [7, 11) is 4.35. The van der Waals surface area contributed by atoms with Crippen LogP contribution in [0.2, 0.25) is 0 Å². The van der Waals surface area contributed by atoms with E-state index in [0.717, 1.165) is 0 Å². The molecule has 5 heteroatoms. The van der Waals surface area contributed by atoms with Crippen molar-refractivity contribution in [2.75, 3.05) is 21.3 Å². The molecule has 0 aromatic carbocycles. The Morgan fingerprint density at radius 2 is 2.00 bits per heavy atom. The molecule has 0 spiro atoms. The fourth-order valence-corrected chi connectivity index (χ4v) is 1.35. The Bertz CT molecular complexity index is 181. The van der Waals surface area contributed by atoms with Gasteiger partial charge in [-0.25, -0.2) is 0 Å². The smallest absolute Gasteiger partial charge is 0.314 e. The summed E-state index contributed by atoms with van der Waals surface area (Å²) >= 11 is 0. The van der Waals surface area contributed by atoms with Crippen molar-refractivity contribution in [1.29, 1.82) is 0 Å². The molecule has 1 saturated heterocycles. The van der Waals surface area contributed by atoms with Crippen LogP contribution < -0.4 is 0 Å². The van der Waals surface area contributed by atoms with E-state index in [0.29, 0.717) is 6.42 Å². The Morgan fingerprint density at radius 1 is 1.31 bits per heavy atom. The summed E-state index contributed by atoms with van der Waals surface area (Å²) in [5.41, 5.74) is 0. The molecule has 0 unspecified atom stereocenters. The molecular formula is C8H14O5. The van der Waals surface area contributed by atoms with Crippen LogP contribution in [-0.4, -0.2) is 39.9 Å². The monoisotopic (exact) mass is 190 g/mol. The van der Waals surface area contributed by atoms with Crippen molar-refractivity contribution >= 4 is 5.97 Å². The summed E-state index contributed by atoms with van der Waals surface area (Å²) in [6, 6.07) is 0. The topological polar surface area (TPSA) is 54.0 Å². The molecular weight excluding hydrogens is 176 g/mol. The van der Waals surface area contributed by atoms with Gasteiger partial charge in [-0.15, -0.1) is 0 Å². The van der Waals surface area contributed by atoms with Gasteiger partial charge in [0.2, 0.25) is 0 Å². The number of methoxy groups -OCH3 is 3. The van der Waals surface area contributed by atoms with Gasteiger partial charge < -0.3 is 18.9 Å². The molecule has 1 aliphatic rings. The SMILES string of the molecule is COC(=O)[C@@H]1C[C@H](OC)O[C@H]1OC. The molecule has 13 heavy (non-hydrogen) atoms. The van der Waals surface area contributed by atoms with Gasteiger partial charge in [-0.2, -0.15) is 0 Å². The molecule has 0 aromatic heterocycles. The predicted molar refractivity (Wildman–Crippen MR) is 42.8 cm³/mol. The summed E-state index contributed by atoms with van der Waals surface area (Å²) < 4.78 is 19.8. The average molecular weight is 190 g/mol.